The third-order valence-electron chi connectivity index (χ3n) is 2.40. The molecule has 0 atom stereocenters. The molecule has 96 valence electrons. The van der Waals surface area contributed by atoms with Gasteiger partial charge in [-0.1, -0.05) is 47.6 Å². The first-order valence-electron chi connectivity index (χ1n) is 5.55. The van der Waals surface area contributed by atoms with Gasteiger partial charge in [-0.2, -0.15) is 0 Å². The summed E-state index contributed by atoms with van der Waals surface area (Å²) in [7, 11) is 0. The number of hydrogen-bond donors (Lipinski definition) is 1. The quantitative estimate of drug-likeness (QED) is 0.858. The lowest BCUT2D eigenvalue weighted by Gasteiger charge is -2.01. The first kappa shape index (κ1) is 13.5. The Labute approximate surface area is 118 Å². The molecule has 2 rings (SSSR count). The van der Waals surface area contributed by atoms with Gasteiger partial charge in [-0.3, -0.25) is 5.10 Å². The summed E-state index contributed by atoms with van der Waals surface area (Å²) in [6.07, 6.45) is 0. The molecular weight excluding hydrogens is 317 g/mol. The first-order valence-corrected chi connectivity index (χ1v) is 7.33. The van der Waals surface area contributed by atoms with Crippen molar-refractivity contribution in [3.8, 4) is 0 Å². The monoisotopic (exact) mass is 329 g/mol. The van der Waals surface area contributed by atoms with Gasteiger partial charge in [0.25, 0.3) is 0 Å². The molecule has 1 heterocycles. The number of H-pyrrole nitrogens is 1. The second-order valence-corrected chi connectivity index (χ2v) is 6.04. The van der Waals surface area contributed by atoms with Crippen molar-refractivity contribution in [2.45, 2.75) is 30.7 Å². The van der Waals surface area contributed by atoms with E-state index >= 15 is 0 Å². The van der Waals surface area contributed by atoms with Crippen LogP contribution < -0.4 is 0 Å². The van der Waals surface area contributed by atoms with E-state index in [-0.39, 0.29) is 5.82 Å². The zero-order valence-electron chi connectivity index (χ0n) is 10.1. The minimum Gasteiger partial charge on any atom is -0.262 e. The second-order valence-electron chi connectivity index (χ2n) is 4.18. The molecular formula is C12H13BrFN3S. The Morgan fingerprint density at radius 1 is 1.44 bits per heavy atom. The predicted octanol–water partition coefficient (Wildman–Crippen LogP) is 4.12. The normalized spacial score (nSPS) is 11.2. The Bertz CT molecular complexity index is 542. The van der Waals surface area contributed by atoms with Gasteiger partial charge in [0, 0.05) is 16.1 Å². The molecule has 6 heteroatoms. The summed E-state index contributed by atoms with van der Waals surface area (Å²) in [5, 5.41) is 7.63. The molecule has 0 aliphatic carbocycles. The van der Waals surface area contributed by atoms with Gasteiger partial charge in [-0.25, -0.2) is 9.37 Å². The summed E-state index contributed by atoms with van der Waals surface area (Å²) in [4.78, 5) is 4.34. The molecule has 0 radical (unpaired) electrons. The van der Waals surface area contributed by atoms with Crippen LogP contribution in [0.4, 0.5) is 4.39 Å². The van der Waals surface area contributed by atoms with Crippen molar-refractivity contribution >= 4 is 27.7 Å². The Kier molecular flexibility index (Phi) is 4.40. The van der Waals surface area contributed by atoms with Crippen molar-refractivity contribution in [1.29, 1.82) is 0 Å². The van der Waals surface area contributed by atoms with Crippen LogP contribution in [-0.4, -0.2) is 15.2 Å². The van der Waals surface area contributed by atoms with Crippen molar-refractivity contribution in [3.05, 3.63) is 39.9 Å². The minimum absolute atomic E-state index is 0.212. The van der Waals surface area contributed by atoms with E-state index in [1.165, 1.54) is 17.8 Å². The molecule has 0 saturated heterocycles. The van der Waals surface area contributed by atoms with Crippen molar-refractivity contribution in [3.63, 3.8) is 0 Å². The number of rotatable bonds is 4. The molecule has 0 fully saturated rings. The average molecular weight is 330 g/mol. The Morgan fingerprint density at radius 3 is 2.83 bits per heavy atom. The maximum Gasteiger partial charge on any atom is 0.208 e. The predicted molar refractivity (Wildman–Crippen MR) is 74.1 cm³/mol. The topological polar surface area (TPSA) is 41.6 Å². The molecule has 0 saturated carbocycles. The number of aromatic nitrogens is 3. The van der Waals surface area contributed by atoms with Crippen LogP contribution in [0.3, 0.4) is 0 Å². The van der Waals surface area contributed by atoms with Crippen LogP contribution in [0.15, 0.2) is 27.8 Å². The molecule has 1 aromatic carbocycles. The lowest BCUT2D eigenvalue weighted by Crippen LogP contribution is -1.90. The van der Waals surface area contributed by atoms with Gasteiger partial charge >= 0.3 is 0 Å². The van der Waals surface area contributed by atoms with Gasteiger partial charge in [0.2, 0.25) is 5.16 Å². The summed E-state index contributed by atoms with van der Waals surface area (Å²) in [5.41, 5.74) is 0.652. The lowest BCUT2D eigenvalue weighted by atomic mass is 10.2. The van der Waals surface area contributed by atoms with Gasteiger partial charge in [-0.05, 0) is 17.7 Å². The van der Waals surface area contributed by atoms with Gasteiger partial charge < -0.3 is 0 Å². The Hall–Kier alpha value is -0.880. The molecule has 0 spiro atoms. The zero-order chi connectivity index (χ0) is 13.1. The van der Waals surface area contributed by atoms with E-state index in [0.29, 0.717) is 22.4 Å². The molecule has 3 nitrogen and oxygen atoms in total. The SMILES string of the molecule is CC(C)c1nc(SCc2ccc(Br)cc2F)n[nH]1. The maximum absolute atomic E-state index is 13.6. The molecule has 0 aliphatic rings. The first-order chi connectivity index (χ1) is 8.56. The van der Waals surface area contributed by atoms with E-state index in [4.69, 9.17) is 0 Å². The fourth-order valence-electron chi connectivity index (χ4n) is 1.36. The molecule has 2 aromatic rings. The van der Waals surface area contributed by atoms with Gasteiger partial charge in [0.15, 0.2) is 0 Å². The number of hydrogen-bond acceptors (Lipinski definition) is 3. The fraction of sp³-hybridized carbons (Fsp3) is 0.333. The summed E-state index contributed by atoms with van der Waals surface area (Å²) in [6.45, 7) is 4.09. The van der Waals surface area contributed by atoms with Crippen molar-refractivity contribution < 1.29 is 4.39 Å². The number of nitrogens with zero attached hydrogens (tertiary/aromatic N) is 2. The number of halogens is 2. The zero-order valence-corrected chi connectivity index (χ0v) is 12.5. The molecule has 1 aromatic heterocycles. The lowest BCUT2D eigenvalue weighted by molar-refractivity contribution is 0.616. The maximum atomic E-state index is 13.6. The highest BCUT2D eigenvalue weighted by atomic mass is 79.9. The van der Waals surface area contributed by atoms with E-state index in [1.54, 1.807) is 6.07 Å². The Balaban J connectivity index is 2.02. The van der Waals surface area contributed by atoms with E-state index in [2.05, 4.69) is 31.1 Å². The van der Waals surface area contributed by atoms with Crippen LogP contribution in [0.5, 0.6) is 0 Å². The van der Waals surface area contributed by atoms with Gasteiger partial charge in [-0.15, -0.1) is 5.10 Å². The van der Waals surface area contributed by atoms with Crippen molar-refractivity contribution in [2.24, 2.45) is 0 Å². The Morgan fingerprint density at radius 2 is 2.22 bits per heavy atom. The van der Waals surface area contributed by atoms with Crippen LogP contribution in [-0.2, 0) is 5.75 Å². The summed E-state index contributed by atoms with van der Waals surface area (Å²) < 4.78 is 14.3. The molecule has 0 unspecified atom stereocenters. The number of aromatic amines is 1. The summed E-state index contributed by atoms with van der Waals surface area (Å²) in [5.74, 6) is 1.48. The van der Waals surface area contributed by atoms with Gasteiger partial charge in [0.1, 0.15) is 11.6 Å². The van der Waals surface area contributed by atoms with E-state index in [1.807, 2.05) is 19.9 Å². The molecule has 0 aliphatic heterocycles. The summed E-state index contributed by atoms with van der Waals surface area (Å²) in [6, 6.07) is 5.06. The highest BCUT2D eigenvalue weighted by Gasteiger charge is 2.09. The summed E-state index contributed by atoms with van der Waals surface area (Å²) >= 11 is 4.66. The van der Waals surface area contributed by atoms with Crippen molar-refractivity contribution in [2.75, 3.05) is 0 Å². The van der Waals surface area contributed by atoms with Crippen LogP contribution in [0.25, 0.3) is 0 Å². The fourth-order valence-corrected chi connectivity index (χ4v) is 2.49. The van der Waals surface area contributed by atoms with Crippen LogP contribution >= 0.6 is 27.7 Å². The highest BCUT2D eigenvalue weighted by Crippen LogP contribution is 2.24. The largest absolute Gasteiger partial charge is 0.262 e. The third-order valence-corrected chi connectivity index (χ3v) is 3.79. The smallest absolute Gasteiger partial charge is 0.208 e. The number of benzene rings is 1. The van der Waals surface area contributed by atoms with E-state index in [9.17, 15) is 4.39 Å². The van der Waals surface area contributed by atoms with Crippen LogP contribution in [0.2, 0.25) is 0 Å². The minimum atomic E-state index is -0.212. The van der Waals surface area contributed by atoms with E-state index < -0.39 is 0 Å². The second kappa shape index (κ2) is 5.84. The standard InChI is InChI=1S/C12H13BrFN3S/c1-7(2)11-15-12(17-16-11)18-6-8-3-4-9(13)5-10(8)14/h3-5,7H,6H2,1-2H3,(H,15,16,17). The van der Waals surface area contributed by atoms with Crippen LogP contribution in [0.1, 0.15) is 31.2 Å². The van der Waals surface area contributed by atoms with Crippen molar-refractivity contribution in [1.82, 2.24) is 15.2 Å². The molecule has 0 bridgehead atoms. The highest BCUT2D eigenvalue weighted by molar-refractivity contribution is 9.10. The molecule has 0 amide bonds. The number of nitrogens with one attached hydrogen (secondary N) is 1. The third kappa shape index (κ3) is 3.32. The average Bonchev–Trinajstić information content (AvgIpc) is 2.76. The van der Waals surface area contributed by atoms with Gasteiger partial charge in [0.05, 0.1) is 0 Å². The van der Waals surface area contributed by atoms with E-state index in [0.717, 1.165) is 10.3 Å². The van der Waals surface area contributed by atoms with Crippen LogP contribution in [0, 0.1) is 5.82 Å². The number of thioether (sulfide) groups is 1. The molecule has 18 heavy (non-hydrogen) atoms. The molecule has 1 N–H and O–H groups in total.